The summed E-state index contributed by atoms with van der Waals surface area (Å²) >= 11 is 0. The fourth-order valence-corrected chi connectivity index (χ4v) is 1.11. The van der Waals surface area contributed by atoms with E-state index in [4.69, 9.17) is 16.6 Å². The van der Waals surface area contributed by atoms with Crippen LogP contribution in [0.15, 0.2) is 18.2 Å². The lowest BCUT2D eigenvalue weighted by atomic mass is 10.1. The van der Waals surface area contributed by atoms with Crippen LogP contribution >= 0.6 is 0 Å². The molecule has 0 unspecified atom stereocenters. The topological polar surface area (TPSA) is 115 Å². The zero-order chi connectivity index (χ0) is 10.7. The number of nitrogens with two attached hydrogens (primary N) is 2. The number of benzene rings is 1. The molecule has 0 spiro atoms. The van der Waals surface area contributed by atoms with E-state index in [9.17, 15) is 10.1 Å². The van der Waals surface area contributed by atoms with Gasteiger partial charge in [0.1, 0.15) is 0 Å². The summed E-state index contributed by atoms with van der Waals surface area (Å²) in [6.45, 7) is -0.248. The molecule has 1 atom stereocenters. The molecule has 0 bridgehead atoms. The van der Waals surface area contributed by atoms with Gasteiger partial charge in [0.25, 0.3) is 5.69 Å². The first-order valence-corrected chi connectivity index (χ1v) is 3.96. The van der Waals surface area contributed by atoms with Crippen molar-refractivity contribution in [3.8, 4) is 0 Å². The number of nitro benzene ring substituents is 1. The minimum atomic E-state index is -0.601. The Balaban J connectivity index is 3.07. The summed E-state index contributed by atoms with van der Waals surface area (Å²) in [5.74, 6) is 0. The van der Waals surface area contributed by atoms with Gasteiger partial charge in [0.15, 0.2) is 0 Å². The quantitative estimate of drug-likeness (QED) is 0.363. The van der Waals surface area contributed by atoms with Gasteiger partial charge >= 0.3 is 0 Å². The summed E-state index contributed by atoms with van der Waals surface area (Å²) in [5, 5.41) is 19.1. The van der Waals surface area contributed by atoms with Gasteiger partial charge in [0.05, 0.1) is 17.6 Å². The number of nitrogen functional groups attached to an aromatic ring is 1. The first-order valence-electron chi connectivity index (χ1n) is 3.96. The largest absolute Gasteiger partial charge is 0.398 e. The van der Waals surface area contributed by atoms with Crippen LogP contribution < -0.4 is 11.5 Å². The number of rotatable bonds is 3. The maximum Gasteiger partial charge on any atom is 0.271 e. The Morgan fingerprint density at radius 1 is 1.57 bits per heavy atom. The third kappa shape index (κ3) is 1.98. The molecule has 6 nitrogen and oxygen atoms in total. The lowest BCUT2D eigenvalue weighted by molar-refractivity contribution is -0.384. The van der Waals surface area contributed by atoms with Crippen molar-refractivity contribution in [1.29, 1.82) is 0 Å². The second-order valence-electron chi connectivity index (χ2n) is 2.86. The maximum atomic E-state index is 10.4. The van der Waals surface area contributed by atoms with E-state index in [1.807, 2.05) is 0 Å². The normalized spacial score (nSPS) is 12.4. The number of hydrogen-bond acceptors (Lipinski definition) is 5. The van der Waals surface area contributed by atoms with Crippen molar-refractivity contribution in [2.24, 2.45) is 5.73 Å². The number of aliphatic hydroxyl groups is 1. The number of aliphatic hydroxyl groups excluding tert-OH is 1. The van der Waals surface area contributed by atoms with E-state index in [2.05, 4.69) is 0 Å². The Bertz CT molecular complexity index is 354. The number of anilines is 1. The molecule has 76 valence electrons. The first-order chi connectivity index (χ1) is 6.56. The van der Waals surface area contributed by atoms with E-state index >= 15 is 0 Å². The molecule has 0 heterocycles. The maximum absolute atomic E-state index is 10.4. The predicted molar refractivity (Wildman–Crippen MR) is 51.5 cm³/mol. The molecule has 14 heavy (non-hydrogen) atoms. The summed E-state index contributed by atoms with van der Waals surface area (Å²) in [5.41, 5.74) is 11.7. The predicted octanol–water partition coefficient (Wildman–Crippen LogP) is 0.169. The Morgan fingerprint density at radius 3 is 2.64 bits per heavy atom. The highest BCUT2D eigenvalue weighted by Crippen LogP contribution is 2.23. The molecule has 0 fully saturated rings. The SMILES string of the molecule is Nc1cc([N+](=O)[O-])ccc1[C@H](N)CO. The summed E-state index contributed by atoms with van der Waals surface area (Å²) in [7, 11) is 0. The summed E-state index contributed by atoms with van der Waals surface area (Å²) < 4.78 is 0. The van der Waals surface area contributed by atoms with Crippen LogP contribution in [0.3, 0.4) is 0 Å². The van der Waals surface area contributed by atoms with Gasteiger partial charge in [0, 0.05) is 17.8 Å². The van der Waals surface area contributed by atoms with Crippen LogP contribution in [0.2, 0.25) is 0 Å². The van der Waals surface area contributed by atoms with Crippen molar-refractivity contribution >= 4 is 11.4 Å². The molecule has 0 saturated carbocycles. The molecule has 1 rings (SSSR count). The van der Waals surface area contributed by atoms with Gasteiger partial charge in [-0.05, 0) is 11.6 Å². The standard InChI is InChI=1S/C8H11N3O3/c9-7-3-5(11(13)14)1-2-6(7)8(10)4-12/h1-3,8,12H,4,9-10H2/t8-/m1/s1. The monoisotopic (exact) mass is 197 g/mol. The van der Waals surface area contributed by atoms with Crippen LogP contribution in [-0.4, -0.2) is 16.6 Å². The molecular weight excluding hydrogens is 186 g/mol. The number of nitrogens with zero attached hydrogens (tertiary/aromatic N) is 1. The first kappa shape index (κ1) is 10.4. The van der Waals surface area contributed by atoms with Gasteiger partial charge in [-0.1, -0.05) is 0 Å². The van der Waals surface area contributed by atoms with Gasteiger partial charge in [-0.2, -0.15) is 0 Å². The highest BCUT2D eigenvalue weighted by Gasteiger charge is 2.12. The molecule has 5 N–H and O–H groups in total. The molecule has 0 aliphatic heterocycles. The van der Waals surface area contributed by atoms with E-state index in [0.29, 0.717) is 5.56 Å². The molecule has 1 aromatic rings. The fraction of sp³-hybridized carbons (Fsp3) is 0.250. The molecular formula is C8H11N3O3. The molecule has 0 aliphatic carbocycles. The second kappa shape index (κ2) is 4.03. The molecule has 0 radical (unpaired) electrons. The van der Waals surface area contributed by atoms with Crippen molar-refractivity contribution < 1.29 is 10.0 Å². The van der Waals surface area contributed by atoms with Gasteiger partial charge in [-0.3, -0.25) is 10.1 Å². The van der Waals surface area contributed by atoms with Gasteiger partial charge in [0.2, 0.25) is 0 Å². The van der Waals surface area contributed by atoms with Crippen LogP contribution in [0.5, 0.6) is 0 Å². The van der Waals surface area contributed by atoms with Crippen molar-refractivity contribution in [2.45, 2.75) is 6.04 Å². The fourth-order valence-electron chi connectivity index (χ4n) is 1.11. The highest BCUT2D eigenvalue weighted by atomic mass is 16.6. The minimum absolute atomic E-state index is 0.0867. The molecule has 0 aliphatic rings. The smallest absolute Gasteiger partial charge is 0.271 e. The third-order valence-corrected chi connectivity index (χ3v) is 1.88. The van der Waals surface area contributed by atoms with E-state index in [0.717, 1.165) is 0 Å². The zero-order valence-corrected chi connectivity index (χ0v) is 7.38. The zero-order valence-electron chi connectivity index (χ0n) is 7.38. The number of nitro groups is 1. The minimum Gasteiger partial charge on any atom is -0.398 e. The number of hydrogen-bond donors (Lipinski definition) is 3. The summed E-state index contributed by atoms with van der Waals surface area (Å²) in [4.78, 5) is 9.84. The Labute approximate surface area is 80.3 Å². The average molecular weight is 197 g/mol. The molecule has 0 saturated heterocycles. The van der Waals surface area contributed by atoms with Crippen molar-refractivity contribution in [3.05, 3.63) is 33.9 Å². The number of non-ortho nitro benzene ring substituents is 1. The van der Waals surface area contributed by atoms with Crippen molar-refractivity contribution in [3.63, 3.8) is 0 Å². The summed E-state index contributed by atoms with van der Waals surface area (Å²) in [6.07, 6.45) is 0. The molecule has 1 aromatic carbocycles. The van der Waals surface area contributed by atoms with Gasteiger partial charge in [-0.25, -0.2) is 0 Å². The van der Waals surface area contributed by atoms with Crippen molar-refractivity contribution in [2.75, 3.05) is 12.3 Å². The van der Waals surface area contributed by atoms with Crippen molar-refractivity contribution in [1.82, 2.24) is 0 Å². The van der Waals surface area contributed by atoms with E-state index in [1.54, 1.807) is 0 Å². The van der Waals surface area contributed by atoms with Crippen LogP contribution in [0.1, 0.15) is 11.6 Å². The Hall–Kier alpha value is -1.66. The van der Waals surface area contributed by atoms with Gasteiger partial charge in [-0.15, -0.1) is 0 Å². The van der Waals surface area contributed by atoms with Gasteiger partial charge < -0.3 is 16.6 Å². The second-order valence-corrected chi connectivity index (χ2v) is 2.86. The van der Waals surface area contributed by atoms with Crippen LogP contribution in [0.4, 0.5) is 11.4 Å². The molecule has 6 heteroatoms. The molecule has 0 aromatic heterocycles. The lowest BCUT2D eigenvalue weighted by Crippen LogP contribution is -2.16. The average Bonchev–Trinajstić information content (AvgIpc) is 2.16. The van der Waals surface area contributed by atoms with Crippen LogP contribution in [0, 0.1) is 10.1 Å². The Morgan fingerprint density at radius 2 is 2.21 bits per heavy atom. The lowest BCUT2D eigenvalue weighted by Gasteiger charge is -2.10. The third-order valence-electron chi connectivity index (χ3n) is 1.88. The van der Waals surface area contributed by atoms with E-state index in [-0.39, 0.29) is 18.0 Å². The highest BCUT2D eigenvalue weighted by molar-refractivity contribution is 5.55. The summed E-state index contributed by atoms with van der Waals surface area (Å²) in [6, 6.07) is 3.39. The van der Waals surface area contributed by atoms with E-state index < -0.39 is 11.0 Å². The molecule has 0 amide bonds. The van der Waals surface area contributed by atoms with Crippen LogP contribution in [-0.2, 0) is 0 Å². The Kier molecular flexibility index (Phi) is 3.00. The van der Waals surface area contributed by atoms with E-state index in [1.165, 1.54) is 18.2 Å². The van der Waals surface area contributed by atoms with Crippen LogP contribution in [0.25, 0.3) is 0 Å².